The number of rotatable bonds is 5. The van der Waals surface area contributed by atoms with Crippen molar-refractivity contribution in [2.75, 3.05) is 13.6 Å². The molecule has 1 aliphatic heterocycles. The lowest BCUT2D eigenvalue weighted by atomic mass is 10.2. The molecule has 0 spiro atoms. The van der Waals surface area contributed by atoms with Crippen LogP contribution in [-0.2, 0) is 17.9 Å². The lowest BCUT2D eigenvalue weighted by Crippen LogP contribution is -2.39. The van der Waals surface area contributed by atoms with E-state index in [4.69, 9.17) is 11.6 Å². The van der Waals surface area contributed by atoms with Crippen molar-refractivity contribution in [3.05, 3.63) is 64.9 Å². The molecule has 1 aliphatic rings. The molecule has 1 saturated heterocycles. The van der Waals surface area contributed by atoms with Crippen molar-refractivity contribution in [3.8, 4) is 0 Å². The number of nitrogens with zero attached hydrogens (tertiary/aromatic N) is 3. The molecular weight excluding hydrogens is 310 g/mol. The SMILES string of the molecule is CN(Cc1ccncc1Cl)C1CCN(Cc2ccccc2)C1=O. The van der Waals surface area contributed by atoms with E-state index in [0.29, 0.717) is 18.1 Å². The summed E-state index contributed by atoms with van der Waals surface area (Å²) in [6.07, 6.45) is 4.22. The van der Waals surface area contributed by atoms with E-state index in [1.54, 1.807) is 12.4 Å². The lowest BCUT2D eigenvalue weighted by molar-refractivity contribution is -0.132. The zero-order valence-corrected chi connectivity index (χ0v) is 13.9. The third kappa shape index (κ3) is 3.71. The maximum atomic E-state index is 12.7. The highest BCUT2D eigenvalue weighted by Crippen LogP contribution is 2.22. The third-order valence-electron chi connectivity index (χ3n) is 4.29. The van der Waals surface area contributed by atoms with E-state index in [0.717, 1.165) is 18.5 Å². The summed E-state index contributed by atoms with van der Waals surface area (Å²) in [5.74, 6) is 0.196. The molecule has 1 aromatic carbocycles. The molecule has 0 N–H and O–H groups in total. The maximum absolute atomic E-state index is 12.7. The topological polar surface area (TPSA) is 36.4 Å². The first-order valence-corrected chi connectivity index (χ1v) is 8.14. The van der Waals surface area contributed by atoms with Gasteiger partial charge in [0.25, 0.3) is 0 Å². The van der Waals surface area contributed by atoms with Gasteiger partial charge in [-0.15, -0.1) is 0 Å². The highest BCUT2D eigenvalue weighted by atomic mass is 35.5. The summed E-state index contributed by atoms with van der Waals surface area (Å²) in [5, 5.41) is 0.644. The minimum atomic E-state index is -0.0806. The Morgan fingerprint density at radius 2 is 2.09 bits per heavy atom. The molecular formula is C18H20ClN3O. The van der Waals surface area contributed by atoms with Crippen LogP contribution in [0.5, 0.6) is 0 Å². The van der Waals surface area contributed by atoms with Gasteiger partial charge in [-0.05, 0) is 30.7 Å². The minimum Gasteiger partial charge on any atom is -0.337 e. The van der Waals surface area contributed by atoms with E-state index >= 15 is 0 Å². The van der Waals surface area contributed by atoms with Gasteiger partial charge in [0.1, 0.15) is 0 Å². The Kier molecular flexibility index (Phi) is 4.94. The summed E-state index contributed by atoms with van der Waals surface area (Å²) in [5.41, 5.74) is 2.17. The van der Waals surface area contributed by atoms with E-state index in [1.807, 2.05) is 36.2 Å². The number of hydrogen-bond donors (Lipinski definition) is 0. The van der Waals surface area contributed by atoms with Crippen molar-refractivity contribution >= 4 is 17.5 Å². The summed E-state index contributed by atoms with van der Waals surface area (Å²) >= 11 is 6.16. The normalized spacial score (nSPS) is 18.0. The summed E-state index contributed by atoms with van der Waals surface area (Å²) in [6, 6.07) is 11.9. The predicted molar refractivity (Wildman–Crippen MR) is 91.0 cm³/mol. The zero-order chi connectivity index (χ0) is 16.2. The first kappa shape index (κ1) is 16.0. The van der Waals surface area contributed by atoms with Gasteiger partial charge in [0, 0.05) is 32.0 Å². The number of halogens is 1. The number of aromatic nitrogens is 1. The van der Waals surface area contributed by atoms with Crippen LogP contribution in [0.4, 0.5) is 0 Å². The van der Waals surface area contributed by atoms with Gasteiger partial charge in [0.15, 0.2) is 0 Å². The molecule has 1 fully saturated rings. The molecule has 4 nitrogen and oxygen atoms in total. The first-order valence-electron chi connectivity index (χ1n) is 7.76. The van der Waals surface area contributed by atoms with Gasteiger partial charge >= 0.3 is 0 Å². The molecule has 120 valence electrons. The zero-order valence-electron chi connectivity index (χ0n) is 13.2. The molecule has 5 heteroatoms. The van der Waals surface area contributed by atoms with Crippen LogP contribution in [0.1, 0.15) is 17.5 Å². The van der Waals surface area contributed by atoms with E-state index < -0.39 is 0 Å². The number of hydrogen-bond acceptors (Lipinski definition) is 3. The monoisotopic (exact) mass is 329 g/mol. The molecule has 23 heavy (non-hydrogen) atoms. The molecule has 2 heterocycles. The Bertz CT molecular complexity index is 677. The number of carbonyl (C=O) groups is 1. The predicted octanol–water partition coefficient (Wildman–Crippen LogP) is 2.97. The molecule has 0 radical (unpaired) electrons. The van der Waals surface area contributed by atoms with Gasteiger partial charge < -0.3 is 4.90 Å². The van der Waals surface area contributed by atoms with Crippen LogP contribution in [0.3, 0.4) is 0 Å². The summed E-state index contributed by atoms with van der Waals surface area (Å²) in [7, 11) is 1.98. The second kappa shape index (κ2) is 7.11. The van der Waals surface area contributed by atoms with Crippen LogP contribution in [0.2, 0.25) is 5.02 Å². The summed E-state index contributed by atoms with van der Waals surface area (Å²) in [6.45, 7) is 2.13. The van der Waals surface area contributed by atoms with E-state index in [-0.39, 0.29) is 11.9 Å². The quantitative estimate of drug-likeness (QED) is 0.846. The molecule has 0 aliphatic carbocycles. The molecule has 1 amide bonds. The Labute approximate surface area is 141 Å². The number of carbonyl (C=O) groups excluding carboxylic acids is 1. The molecule has 0 saturated carbocycles. The molecule has 1 unspecified atom stereocenters. The number of likely N-dealkylation sites (tertiary alicyclic amines) is 1. The Hall–Kier alpha value is -1.91. The first-order chi connectivity index (χ1) is 11.1. The van der Waals surface area contributed by atoms with Crippen molar-refractivity contribution in [1.29, 1.82) is 0 Å². The Morgan fingerprint density at radius 1 is 1.30 bits per heavy atom. The van der Waals surface area contributed by atoms with Crippen LogP contribution in [0.15, 0.2) is 48.8 Å². The van der Waals surface area contributed by atoms with Gasteiger partial charge in [-0.25, -0.2) is 0 Å². The van der Waals surface area contributed by atoms with E-state index in [2.05, 4.69) is 22.0 Å². The third-order valence-corrected chi connectivity index (χ3v) is 4.63. The Balaban J connectivity index is 1.63. The smallest absolute Gasteiger partial charge is 0.240 e. The average Bonchev–Trinajstić information content (AvgIpc) is 2.92. The van der Waals surface area contributed by atoms with Gasteiger partial charge in [-0.2, -0.15) is 0 Å². The fraction of sp³-hybridized carbons (Fsp3) is 0.333. The van der Waals surface area contributed by atoms with E-state index in [1.165, 1.54) is 5.56 Å². The average molecular weight is 330 g/mol. The number of pyridine rings is 1. The fourth-order valence-electron chi connectivity index (χ4n) is 3.00. The van der Waals surface area contributed by atoms with Crippen molar-refractivity contribution in [3.63, 3.8) is 0 Å². The van der Waals surface area contributed by atoms with Crippen molar-refractivity contribution in [2.24, 2.45) is 0 Å². The highest BCUT2D eigenvalue weighted by Gasteiger charge is 2.34. The van der Waals surface area contributed by atoms with Crippen molar-refractivity contribution in [2.45, 2.75) is 25.6 Å². The van der Waals surface area contributed by atoms with Crippen LogP contribution in [-0.4, -0.2) is 40.3 Å². The standard InChI is InChI=1S/C18H20ClN3O/c1-21(13-15-7-9-20-11-16(15)19)17-8-10-22(18(17)23)12-14-5-3-2-4-6-14/h2-7,9,11,17H,8,10,12-13H2,1H3. The number of benzene rings is 1. The maximum Gasteiger partial charge on any atom is 0.240 e. The summed E-state index contributed by atoms with van der Waals surface area (Å²) in [4.78, 5) is 20.7. The van der Waals surface area contributed by atoms with Crippen LogP contribution in [0, 0.1) is 0 Å². The minimum absolute atomic E-state index is 0.0806. The number of amides is 1. The second-order valence-electron chi connectivity index (χ2n) is 5.93. The van der Waals surface area contributed by atoms with Gasteiger partial charge in [0.05, 0.1) is 11.1 Å². The van der Waals surface area contributed by atoms with Crippen molar-refractivity contribution in [1.82, 2.24) is 14.8 Å². The van der Waals surface area contributed by atoms with Gasteiger partial charge in [0.2, 0.25) is 5.91 Å². The Morgan fingerprint density at radius 3 is 2.83 bits per heavy atom. The van der Waals surface area contributed by atoms with Gasteiger partial charge in [-0.1, -0.05) is 41.9 Å². The molecule has 2 aromatic rings. The fourth-order valence-corrected chi connectivity index (χ4v) is 3.18. The van der Waals surface area contributed by atoms with Crippen LogP contribution in [0.25, 0.3) is 0 Å². The molecule has 3 rings (SSSR count). The van der Waals surface area contributed by atoms with Gasteiger partial charge in [-0.3, -0.25) is 14.7 Å². The van der Waals surface area contributed by atoms with Crippen molar-refractivity contribution < 1.29 is 4.79 Å². The largest absolute Gasteiger partial charge is 0.337 e. The molecule has 1 aromatic heterocycles. The number of likely N-dealkylation sites (N-methyl/N-ethyl adjacent to an activating group) is 1. The van der Waals surface area contributed by atoms with Crippen LogP contribution >= 0.6 is 11.6 Å². The molecule has 0 bridgehead atoms. The lowest BCUT2D eigenvalue weighted by Gasteiger charge is -2.24. The highest BCUT2D eigenvalue weighted by molar-refractivity contribution is 6.31. The second-order valence-corrected chi connectivity index (χ2v) is 6.34. The summed E-state index contributed by atoms with van der Waals surface area (Å²) < 4.78 is 0. The van der Waals surface area contributed by atoms with Crippen LogP contribution < -0.4 is 0 Å². The molecule has 1 atom stereocenters. The van der Waals surface area contributed by atoms with E-state index in [9.17, 15) is 4.79 Å².